The number of nitrogens with zero attached hydrogens (tertiary/aromatic N) is 2. The van der Waals surface area contributed by atoms with Crippen LogP contribution in [-0.4, -0.2) is 36.7 Å². The number of carbonyl (C=O) groups is 1. The van der Waals surface area contributed by atoms with Crippen LogP contribution < -0.4 is 5.32 Å². The number of rotatable bonds is 5. The van der Waals surface area contributed by atoms with Crippen molar-refractivity contribution in [2.75, 3.05) is 13.1 Å². The van der Waals surface area contributed by atoms with Crippen LogP contribution in [-0.2, 0) is 21.4 Å². The maximum absolute atomic E-state index is 13.3. The van der Waals surface area contributed by atoms with Gasteiger partial charge in [0.05, 0.1) is 10.8 Å². The number of benzene rings is 1. The summed E-state index contributed by atoms with van der Waals surface area (Å²) in [5, 5.41) is 2.91. The average molecular weight is 402 g/mol. The Morgan fingerprint density at radius 1 is 1.25 bits per heavy atom. The van der Waals surface area contributed by atoms with Gasteiger partial charge in [0.1, 0.15) is 0 Å². The number of aromatic nitrogens is 1. The zero-order chi connectivity index (χ0) is 20.3. The van der Waals surface area contributed by atoms with Crippen molar-refractivity contribution in [2.24, 2.45) is 5.92 Å². The molecule has 0 bridgehead atoms. The Morgan fingerprint density at radius 2 is 1.96 bits per heavy atom. The molecule has 1 atom stereocenters. The molecule has 1 aliphatic heterocycles. The third-order valence-electron chi connectivity index (χ3n) is 5.15. The minimum Gasteiger partial charge on any atom is -0.352 e. The molecule has 150 valence electrons. The van der Waals surface area contributed by atoms with E-state index in [9.17, 15) is 13.2 Å². The zero-order valence-corrected chi connectivity index (χ0v) is 17.4. The van der Waals surface area contributed by atoms with Crippen LogP contribution in [0.4, 0.5) is 0 Å². The molecule has 0 saturated carbocycles. The molecule has 1 aromatic heterocycles. The van der Waals surface area contributed by atoms with Gasteiger partial charge in [0.25, 0.3) is 0 Å². The Labute approximate surface area is 167 Å². The lowest BCUT2D eigenvalue weighted by Gasteiger charge is -2.32. The number of pyridine rings is 1. The topological polar surface area (TPSA) is 79.4 Å². The predicted octanol–water partition coefficient (Wildman–Crippen LogP) is 2.72. The SMILES string of the molecule is Cc1cc(C)c(S(=O)(=O)N2CCC[C@@H](C(=O)NCc3cccnc3)C2)c(C)c1. The second kappa shape index (κ2) is 8.41. The summed E-state index contributed by atoms with van der Waals surface area (Å²) in [5.74, 6) is -0.452. The molecule has 3 rings (SSSR count). The van der Waals surface area contributed by atoms with E-state index in [2.05, 4.69) is 10.3 Å². The minimum absolute atomic E-state index is 0.110. The second-order valence-electron chi connectivity index (χ2n) is 7.51. The Balaban J connectivity index is 1.73. The van der Waals surface area contributed by atoms with Crippen LogP contribution in [0.2, 0.25) is 0 Å². The molecule has 1 amide bonds. The van der Waals surface area contributed by atoms with Gasteiger partial charge in [0.15, 0.2) is 0 Å². The molecule has 28 heavy (non-hydrogen) atoms. The van der Waals surface area contributed by atoms with Gasteiger partial charge in [-0.2, -0.15) is 4.31 Å². The van der Waals surface area contributed by atoms with E-state index in [-0.39, 0.29) is 18.4 Å². The highest BCUT2D eigenvalue weighted by Crippen LogP contribution is 2.28. The van der Waals surface area contributed by atoms with Gasteiger partial charge in [-0.25, -0.2) is 8.42 Å². The summed E-state index contributed by atoms with van der Waals surface area (Å²) in [6.45, 7) is 6.67. The van der Waals surface area contributed by atoms with Crippen molar-refractivity contribution >= 4 is 15.9 Å². The van der Waals surface area contributed by atoms with Gasteiger partial charge in [0.2, 0.25) is 15.9 Å². The van der Waals surface area contributed by atoms with E-state index in [0.717, 1.165) is 22.3 Å². The number of amides is 1. The van der Waals surface area contributed by atoms with Gasteiger partial charge in [-0.1, -0.05) is 23.8 Å². The predicted molar refractivity (Wildman–Crippen MR) is 108 cm³/mol. The lowest BCUT2D eigenvalue weighted by Crippen LogP contribution is -2.45. The minimum atomic E-state index is -3.63. The van der Waals surface area contributed by atoms with Crippen molar-refractivity contribution in [1.29, 1.82) is 0 Å². The highest BCUT2D eigenvalue weighted by Gasteiger charge is 2.34. The smallest absolute Gasteiger partial charge is 0.243 e. The fourth-order valence-corrected chi connectivity index (χ4v) is 5.85. The highest BCUT2D eigenvalue weighted by molar-refractivity contribution is 7.89. The first-order chi connectivity index (χ1) is 13.3. The van der Waals surface area contributed by atoms with Crippen LogP contribution in [0.1, 0.15) is 35.1 Å². The van der Waals surface area contributed by atoms with Gasteiger partial charge in [-0.15, -0.1) is 0 Å². The monoisotopic (exact) mass is 401 g/mol. The third-order valence-corrected chi connectivity index (χ3v) is 7.32. The number of aryl methyl sites for hydroxylation is 3. The van der Waals surface area contributed by atoms with E-state index in [4.69, 9.17) is 0 Å². The van der Waals surface area contributed by atoms with Crippen molar-refractivity contribution in [2.45, 2.75) is 45.1 Å². The van der Waals surface area contributed by atoms with Crippen molar-refractivity contribution in [3.63, 3.8) is 0 Å². The Bertz CT molecular complexity index is 935. The van der Waals surface area contributed by atoms with Gasteiger partial charge in [-0.3, -0.25) is 9.78 Å². The van der Waals surface area contributed by atoms with E-state index in [1.807, 2.05) is 45.0 Å². The first-order valence-corrected chi connectivity index (χ1v) is 11.0. The number of nitrogens with one attached hydrogen (secondary N) is 1. The Morgan fingerprint density at radius 3 is 2.61 bits per heavy atom. The van der Waals surface area contributed by atoms with E-state index in [1.165, 1.54) is 4.31 Å². The van der Waals surface area contributed by atoms with Crippen LogP contribution in [0.25, 0.3) is 0 Å². The fourth-order valence-electron chi connectivity index (χ4n) is 3.91. The molecule has 0 aliphatic carbocycles. The molecule has 1 N–H and O–H groups in total. The maximum Gasteiger partial charge on any atom is 0.243 e. The van der Waals surface area contributed by atoms with Crippen molar-refractivity contribution < 1.29 is 13.2 Å². The Hall–Kier alpha value is -2.25. The summed E-state index contributed by atoms with van der Waals surface area (Å²) < 4.78 is 28.0. The van der Waals surface area contributed by atoms with Crippen molar-refractivity contribution in [3.8, 4) is 0 Å². The molecule has 1 aliphatic rings. The molecule has 1 saturated heterocycles. The van der Waals surface area contributed by atoms with Crippen molar-refractivity contribution in [3.05, 3.63) is 58.9 Å². The van der Waals surface area contributed by atoms with Gasteiger partial charge < -0.3 is 5.32 Å². The molecule has 0 radical (unpaired) electrons. The zero-order valence-electron chi connectivity index (χ0n) is 16.6. The lowest BCUT2D eigenvalue weighted by atomic mass is 9.99. The number of piperidine rings is 1. The van der Waals surface area contributed by atoms with Crippen molar-refractivity contribution in [1.82, 2.24) is 14.6 Å². The normalized spacial score (nSPS) is 18.0. The van der Waals surface area contributed by atoms with E-state index in [0.29, 0.717) is 30.8 Å². The largest absolute Gasteiger partial charge is 0.352 e. The molecule has 2 aromatic rings. The molecular weight excluding hydrogens is 374 g/mol. The van der Waals surface area contributed by atoms with Crippen LogP contribution in [0.3, 0.4) is 0 Å². The highest BCUT2D eigenvalue weighted by atomic mass is 32.2. The lowest BCUT2D eigenvalue weighted by molar-refractivity contribution is -0.126. The molecule has 0 spiro atoms. The number of hydrogen-bond acceptors (Lipinski definition) is 4. The Kier molecular flexibility index (Phi) is 6.15. The summed E-state index contributed by atoms with van der Waals surface area (Å²) in [6.07, 6.45) is 4.76. The van der Waals surface area contributed by atoms with Crippen LogP contribution in [0, 0.1) is 26.7 Å². The summed E-state index contributed by atoms with van der Waals surface area (Å²) in [6, 6.07) is 7.50. The van der Waals surface area contributed by atoms with E-state index in [1.54, 1.807) is 12.4 Å². The molecule has 6 nitrogen and oxygen atoms in total. The average Bonchev–Trinajstić information content (AvgIpc) is 2.66. The standard InChI is InChI=1S/C21H27N3O3S/c1-15-10-16(2)20(17(3)11-15)28(26,27)24-9-5-7-19(14-24)21(25)23-13-18-6-4-8-22-12-18/h4,6,8,10-12,19H,5,7,9,13-14H2,1-3H3,(H,23,25)/t19-/m1/s1. The molecular formula is C21H27N3O3S. The summed E-state index contributed by atoms with van der Waals surface area (Å²) in [4.78, 5) is 17.0. The summed E-state index contributed by atoms with van der Waals surface area (Å²) in [7, 11) is -3.63. The third kappa shape index (κ3) is 4.42. The summed E-state index contributed by atoms with van der Waals surface area (Å²) in [5.41, 5.74) is 3.46. The van der Waals surface area contributed by atoms with Crippen LogP contribution >= 0.6 is 0 Å². The fraction of sp³-hybridized carbons (Fsp3) is 0.429. The first-order valence-electron chi connectivity index (χ1n) is 9.53. The maximum atomic E-state index is 13.3. The molecule has 2 heterocycles. The van der Waals surface area contributed by atoms with E-state index >= 15 is 0 Å². The van der Waals surface area contributed by atoms with Gasteiger partial charge in [0, 0.05) is 32.0 Å². The molecule has 7 heteroatoms. The molecule has 0 unspecified atom stereocenters. The van der Waals surface area contributed by atoms with Crippen LogP contribution in [0.15, 0.2) is 41.6 Å². The molecule has 1 fully saturated rings. The quantitative estimate of drug-likeness (QED) is 0.835. The van der Waals surface area contributed by atoms with E-state index < -0.39 is 10.0 Å². The first kappa shape index (κ1) is 20.5. The summed E-state index contributed by atoms with van der Waals surface area (Å²) >= 11 is 0. The number of hydrogen-bond donors (Lipinski definition) is 1. The number of sulfonamides is 1. The number of carbonyl (C=O) groups excluding carboxylic acids is 1. The van der Waals surface area contributed by atoms with Crippen LogP contribution in [0.5, 0.6) is 0 Å². The molecule has 1 aromatic carbocycles. The van der Waals surface area contributed by atoms with Gasteiger partial charge >= 0.3 is 0 Å². The van der Waals surface area contributed by atoms with Gasteiger partial charge in [-0.05, 0) is 56.4 Å². The second-order valence-corrected chi connectivity index (χ2v) is 9.38.